The highest BCUT2D eigenvalue weighted by atomic mass is 16.5. The van der Waals surface area contributed by atoms with Crippen molar-refractivity contribution in [3.05, 3.63) is 0 Å². The minimum absolute atomic E-state index is 0.0483. The summed E-state index contributed by atoms with van der Waals surface area (Å²) in [4.78, 5) is 23.2. The first-order chi connectivity index (χ1) is 14.1. The number of carbonyl (C=O) groups excluding carboxylic acids is 1. The zero-order valence-corrected chi connectivity index (χ0v) is 18.6. The summed E-state index contributed by atoms with van der Waals surface area (Å²) in [5.74, 6) is -0.297. The van der Waals surface area contributed by atoms with Gasteiger partial charge in [0.15, 0.2) is 0 Å². The number of esters is 1. The lowest BCUT2D eigenvalue weighted by Gasteiger charge is -2.49. The van der Waals surface area contributed by atoms with Crippen LogP contribution in [-0.2, 0) is 14.3 Å². The standard InChI is InChI=1S/C23H40O7/c1-4-13(2)23(29)30-20-11-17(25)9-15-6-5-14(3)19(22(15)20)8-7-16(24)10-18(26)12-21(27)28/h13-20,22,24-26H,4-12H2,1-3H3,(H,27,28)/t13-,14-,15?,16?,17-,18+,19-,20-,22-/m0/s1. The lowest BCUT2D eigenvalue weighted by molar-refractivity contribution is -0.170. The molecular formula is C23H40O7. The molecule has 2 unspecified atom stereocenters. The van der Waals surface area contributed by atoms with Crippen molar-refractivity contribution >= 4 is 11.9 Å². The highest BCUT2D eigenvalue weighted by Gasteiger charge is 2.47. The second kappa shape index (κ2) is 11.4. The number of fused-ring (bicyclic) bond motifs is 1. The maximum atomic E-state index is 12.5. The fourth-order valence-electron chi connectivity index (χ4n) is 5.47. The molecule has 2 aliphatic carbocycles. The summed E-state index contributed by atoms with van der Waals surface area (Å²) in [7, 11) is 0. The third-order valence-electron chi connectivity index (χ3n) is 7.34. The first-order valence-corrected chi connectivity index (χ1v) is 11.6. The van der Waals surface area contributed by atoms with Gasteiger partial charge in [-0.3, -0.25) is 9.59 Å². The first-order valence-electron chi connectivity index (χ1n) is 11.6. The van der Waals surface area contributed by atoms with Crippen LogP contribution in [0.1, 0.15) is 78.6 Å². The van der Waals surface area contributed by atoms with Gasteiger partial charge in [-0.05, 0) is 56.3 Å². The highest BCUT2D eigenvalue weighted by Crippen LogP contribution is 2.49. The number of carboxylic acid groups (broad SMARTS) is 1. The van der Waals surface area contributed by atoms with E-state index < -0.39 is 24.3 Å². The largest absolute Gasteiger partial charge is 0.481 e. The Bertz CT molecular complexity index is 566. The molecule has 0 aromatic heterocycles. The topological polar surface area (TPSA) is 124 Å². The van der Waals surface area contributed by atoms with E-state index in [-0.39, 0.29) is 42.7 Å². The molecular weight excluding hydrogens is 388 g/mol. The summed E-state index contributed by atoms with van der Waals surface area (Å²) in [6.45, 7) is 6.01. The lowest BCUT2D eigenvalue weighted by atomic mass is 9.59. The molecule has 9 atom stereocenters. The third-order valence-corrected chi connectivity index (χ3v) is 7.34. The SMILES string of the molecule is CC[C@H](C)C(=O)O[C@H]1C[C@@H](O)CC2CC[C@H](C)[C@H](CCC(O)C[C@@H](O)CC(=O)O)[C@H]21. The van der Waals surface area contributed by atoms with Gasteiger partial charge in [-0.25, -0.2) is 0 Å². The average Bonchev–Trinajstić information content (AvgIpc) is 2.65. The molecule has 2 rings (SSSR count). The van der Waals surface area contributed by atoms with Crippen molar-refractivity contribution in [2.24, 2.45) is 29.6 Å². The van der Waals surface area contributed by atoms with Crippen LogP contribution in [0.4, 0.5) is 0 Å². The molecule has 2 aliphatic rings. The number of aliphatic hydroxyl groups is 3. The number of rotatable bonds is 10. The molecule has 0 aromatic rings. The van der Waals surface area contributed by atoms with Crippen LogP contribution in [0.5, 0.6) is 0 Å². The summed E-state index contributed by atoms with van der Waals surface area (Å²) < 4.78 is 5.91. The fourth-order valence-corrected chi connectivity index (χ4v) is 5.47. The zero-order chi connectivity index (χ0) is 22.4. The summed E-state index contributed by atoms with van der Waals surface area (Å²) in [5.41, 5.74) is 0. The molecule has 7 nitrogen and oxygen atoms in total. The second-order valence-electron chi connectivity index (χ2n) is 9.68. The van der Waals surface area contributed by atoms with Gasteiger partial charge in [0, 0.05) is 12.3 Å². The van der Waals surface area contributed by atoms with Crippen molar-refractivity contribution < 1.29 is 34.8 Å². The highest BCUT2D eigenvalue weighted by molar-refractivity contribution is 5.72. The first kappa shape index (κ1) is 25.1. The summed E-state index contributed by atoms with van der Waals surface area (Å²) in [6.07, 6.45) is 2.28. The Hall–Kier alpha value is -1.18. The molecule has 2 fully saturated rings. The van der Waals surface area contributed by atoms with Crippen LogP contribution >= 0.6 is 0 Å². The van der Waals surface area contributed by atoms with Crippen molar-refractivity contribution in [2.45, 2.75) is 103 Å². The number of aliphatic carboxylic acids is 1. The van der Waals surface area contributed by atoms with E-state index in [1.54, 1.807) is 0 Å². The van der Waals surface area contributed by atoms with Crippen molar-refractivity contribution in [3.63, 3.8) is 0 Å². The van der Waals surface area contributed by atoms with Gasteiger partial charge >= 0.3 is 11.9 Å². The van der Waals surface area contributed by atoms with E-state index in [1.165, 1.54) is 0 Å². The average molecular weight is 429 g/mol. The van der Waals surface area contributed by atoms with Crippen LogP contribution in [0.15, 0.2) is 0 Å². The summed E-state index contributed by atoms with van der Waals surface area (Å²) in [6, 6.07) is 0. The maximum absolute atomic E-state index is 12.5. The molecule has 0 aromatic carbocycles. The Balaban J connectivity index is 2.04. The van der Waals surface area contributed by atoms with Gasteiger partial charge in [0.05, 0.1) is 30.7 Å². The Kier molecular flexibility index (Phi) is 9.57. The van der Waals surface area contributed by atoms with E-state index in [2.05, 4.69) is 6.92 Å². The number of aliphatic hydroxyl groups excluding tert-OH is 3. The smallest absolute Gasteiger partial charge is 0.308 e. The molecule has 0 spiro atoms. The van der Waals surface area contributed by atoms with Gasteiger partial charge < -0.3 is 25.2 Å². The Morgan fingerprint density at radius 2 is 1.83 bits per heavy atom. The van der Waals surface area contributed by atoms with E-state index in [0.717, 1.165) is 25.7 Å². The van der Waals surface area contributed by atoms with Crippen molar-refractivity contribution in [3.8, 4) is 0 Å². The number of carboxylic acids is 1. The van der Waals surface area contributed by atoms with Crippen LogP contribution in [0.2, 0.25) is 0 Å². The predicted octanol–water partition coefficient (Wildman–Crippen LogP) is 2.74. The van der Waals surface area contributed by atoms with Crippen LogP contribution in [0.3, 0.4) is 0 Å². The predicted molar refractivity (Wildman–Crippen MR) is 112 cm³/mol. The van der Waals surface area contributed by atoms with E-state index in [1.807, 2.05) is 13.8 Å². The molecule has 30 heavy (non-hydrogen) atoms. The van der Waals surface area contributed by atoms with Crippen LogP contribution in [0, 0.1) is 29.6 Å². The number of hydrogen-bond acceptors (Lipinski definition) is 6. The monoisotopic (exact) mass is 428 g/mol. The molecule has 0 amide bonds. The molecule has 0 aliphatic heterocycles. The van der Waals surface area contributed by atoms with E-state index in [4.69, 9.17) is 9.84 Å². The molecule has 0 saturated heterocycles. The van der Waals surface area contributed by atoms with Crippen molar-refractivity contribution in [2.75, 3.05) is 0 Å². The van der Waals surface area contributed by atoms with Crippen LogP contribution in [-0.4, -0.2) is 56.8 Å². The third kappa shape index (κ3) is 6.92. The summed E-state index contributed by atoms with van der Waals surface area (Å²) in [5, 5.41) is 39.2. The van der Waals surface area contributed by atoms with Gasteiger partial charge in [-0.15, -0.1) is 0 Å². The molecule has 0 heterocycles. The number of hydrogen-bond donors (Lipinski definition) is 4. The second-order valence-corrected chi connectivity index (χ2v) is 9.68. The maximum Gasteiger partial charge on any atom is 0.308 e. The fraction of sp³-hybridized carbons (Fsp3) is 0.913. The molecule has 4 N–H and O–H groups in total. The minimum Gasteiger partial charge on any atom is -0.481 e. The number of ether oxygens (including phenoxy) is 1. The molecule has 0 bridgehead atoms. The van der Waals surface area contributed by atoms with Crippen LogP contribution < -0.4 is 0 Å². The Morgan fingerprint density at radius 1 is 1.13 bits per heavy atom. The van der Waals surface area contributed by atoms with Crippen LogP contribution in [0.25, 0.3) is 0 Å². The quantitative estimate of drug-likeness (QED) is 0.394. The van der Waals surface area contributed by atoms with E-state index in [9.17, 15) is 24.9 Å². The van der Waals surface area contributed by atoms with Crippen molar-refractivity contribution in [1.82, 2.24) is 0 Å². The zero-order valence-electron chi connectivity index (χ0n) is 18.6. The lowest BCUT2D eigenvalue weighted by Crippen LogP contribution is -2.49. The van der Waals surface area contributed by atoms with Gasteiger partial charge in [0.2, 0.25) is 0 Å². The number of carbonyl (C=O) groups is 2. The van der Waals surface area contributed by atoms with E-state index >= 15 is 0 Å². The van der Waals surface area contributed by atoms with Gasteiger partial charge in [-0.1, -0.05) is 27.2 Å². The van der Waals surface area contributed by atoms with Gasteiger partial charge in [-0.2, -0.15) is 0 Å². The Morgan fingerprint density at radius 3 is 2.47 bits per heavy atom. The summed E-state index contributed by atoms with van der Waals surface area (Å²) >= 11 is 0. The molecule has 174 valence electrons. The van der Waals surface area contributed by atoms with Gasteiger partial charge in [0.1, 0.15) is 6.10 Å². The molecule has 0 radical (unpaired) electrons. The van der Waals surface area contributed by atoms with Gasteiger partial charge in [0.25, 0.3) is 0 Å². The van der Waals surface area contributed by atoms with E-state index in [0.29, 0.717) is 31.1 Å². The normalized spacial score (nSPS) is 34.5. The molecule has 7 heteroatoms. The molecule has 2 saturated carbocycles. The Labute approximate surface area is 179 Å². The van der Waals surface area contributed by atoms with Crippen molar-refractivity contribution in [1.29, 1.82) is 0 Å². The minimum atomic E-state index is -1.08.